The van der Waals surface area contributed by atoms with Crippen LogP contribution in [-0.2, 0) is 4.74 Å². The molecule has 2 heterocycles. The molecule has 1 aromatic rings. The molecule has 1 saturated heterocycles. The van der Waals surface area contributed by atoms with Crippen LogP contribution in [-0.4, -0.2) is 23.2 Å². The van der Waals surface area contributed by atoms with Crippen molar-refractivity contribution in [3.63, 3.8) is 0 Å². The maximum Gasteiger partial charge on any atom is 0.124 e. The van der Waals surface area contributed by atoms with Gasteiger partial charge in [0.2, 0.25) is 0 Å². The third-order valence-corrected chi connectivity index (χ3v) is 2.63. The lowest BCUT2D eigenvalue weighted by Gasteiger charge is -2.20. The van der Waals surface area contributed by atoms with Crippen molar-refractivity contribution in [1.82, 2.24) is 9.97 Å². The van der Waals surface area contributed by atoms with Gasteiger partial charge in [0, 0.05) is 12.5 Å². The molecule has 0 aromatic carbocycles. The summed E-state index contributed by atoms with van der Waals surface area (Å²) in [5.41, 5.74) is 1.04. The van der Waals surface area contributed by atoms with E-state index in [0.29, 0.717) is 5.92 Å². The van der Waals surface area contributed by atoms with Crippen molar-refractivity contribution in [2.75, 3.05) is 13.2 Å². The third-order valence-electron chi connectivity index (χ3n) is 2.22. The van der Waals surface area contributed by atoms with E-state index >= 15 is 0 Å². The Labute approximate surface area is 85.7 Å². The maximum absolute atomic E-state index is 5.39. The molecule has 0 amide bonds. The zero-order valence-corrected chi connectivity index (χ0v) is 8.83. The van der Waals surface area contributed by atoms with E-state index in [1.165, 1.54) is 0 Å². The van der Waals surface area contributed by atoms with Gasteiger partial charge >= 0.3 is 0 Å². The summed E-state index contributed by atoms with van der Waals surface area (Å²) in [6, 6.07) is 0. The molecule has 1 aliphatic heterocycles. The minimum absolute atomic E-state index is 0.439. The molecule has 0 saturated carbocycles. The van der Waals surface area contributed by atoms with Crippen LogP contribution in [0.1, 0.15) is 24.5 Å². The largest absolute Gasteiger partial charge is 0.381 e. The molecule has 1 fully saturated rings. The van der Waals surface area contributed by atoms with E-state index in [1.54, 1.807) is 6.20 Å². The van der Waals surface area contributed by atoms with Crippen molar-refractivity contribution in [2.45, 2.75) is 18.8 Å². The van der Waals surface area contributed by atoms with Gasteiger partial charge in [-0.25, -0.2) is 4.98 Å². The van der Waals surface area contributed by atoms with E-state index in [2.05, 4.69) is 25.9 Å². The summed E-state index contributed by atoms with van der Waals surface area (Å²) in [7, 11) is 0. The average molecular weight is 243 g/mol. The number of nitrogens with zero attached hydrogens (tertiary/aromatic N) is 2. The van der Waals surface area contributed by atoms with Gasteiger partial charge in [0.15, 0.2) is 0 Å². The number of hydrogen-bond donors (Lipinski definition) is 0. The van der Waals surface area contributed by atoms with Crippen molar-refractivity contribution < 1.29 is 4.74 Å². The summed E-state index contributed by atoms with van der Waals surface area (Å²) < 4.78 is 6.17. The van der Waals surface area contributed by atoms with Crippen LogP contribution in [0, 0.1) is 0 Å². The van der Waals surface area contributed by atoms with Crippen LogP contribution in [0.25, 0.3) is 0 Å². The number of rotatable bonds is 1. The molecule has 2 rings (SSSR count). The van der Waals surface area contributed by atoms with Crippen LogP contribution in [0.2, 0.25) is 0 Å². The van der Waals surface area contributed by atoms with E-state index in [1.807, 2.05) is 6.20 Å². The average Bonchev–Trinajstić information content (AvgIpc) is 2.20. The van der Waals surface area contributed by atoms with Crippen LogP contribution < -0.4 is 0 Å². The molecular weight excluding hydrogens is 232 g/mol. The van der Waals surface area contributed by atoms with Gasteiger partial charge in [-0.2, -0.15) is 0 Å². The predicted molar refractivity (Wildman–Crippen MR) is 52.5 cm³/mol. The number of hydrogen-bond acceptors (Lipinski definition) is 3. The molecule has 1 aromatic heterocycles. The third kappa shape index (κ3) is 2.25. The maximum atomic E-state index is 5.39. The van der Waals surface area contributed by atoms with Crippen LogP contribution in [0.3, 0.4) is 0 Å². The Morgan fingerprint density at radius 2 is 2.31 bits per heavy atom. The lowest BCUT2D eigenvalue weighted by Crippen LogP contribution is -2.16. The van der Waals surface area contributed by atoms with E-state index in [9.17, 15) is 0 Å². The molecule has 0 aliphatic carbocycles. The number of aromatic nitrogens is 2. The highest BCUT2D eigenvalue weighted by molar-refractivity contribution is 9.10. The fourth-order valence-corrected chi connectivity index (χ4v) is 1.71. The summed E-state index contributed by atoms with van der Waals surface area (Å²) in [5.74, 6) is 0.439. The van der Waals surface area contributed by atoms with Gasteiger partial charge in [-0.15, -0.1) is 0 Å². The first-order valence-electron chi connectivity index (χ1n) is 4.41. The summed E-state index contributed by atoms with van der Waals surface area (Å²) in [4.78, 5) is 8.47. The van der Waals surface area contributed by atoms with Gasteiger partial charge in [0.25, 0.3) is 0 Å². The summed E-state index contributed by atoms with van der Waals surface area (Å²) >= 11 is 3.26. The minimum atomic E-state index is 0.439. The van der Waals surface area contributed by atoms with Crippen LogP contribution in [0.4, 0.5) is 0 Å². The van der Waals surface area contributed by atoms with Crippen molar-refractivity contribution in [2.24, 2.45) is 0 Å². The number of ether oxygens (including phenoxy) is 1. The molecule has 1 unspecified atom stereocenters. The van der Waals surface area contributed by atoms with Crippen LogP contribution >= 0.6 is 15.9 Å². The second-order valence-corrected chi connectivity index (χ2v) is 3.99. The van der Waals surface area contributed by atoms with Gasteiger partial charge in [-0.1, -0.05) is 0 Å². The molecule has 70 valence electrons. The quantitative estimate of drug-likeness (QED) is 0.757. The topological polar surface area (TPSA) is 35.0 Å². The molecule has 0 N–H and O–H groups in total. The summed E-state index contributed by atoms with van der Waals surface area (Å²) in [5, 5.41) is 0. The molecule has 1 atom stereocenters. The highest BCUT2D eigenvalue weighted by Gasteiger charge is 2.17. The van der Waals surface area contributed by atoms with Crippen molar-refractivity contribution in [3.05, 3.63) is 22.7 Å². The van der Waals surface area contributed by atoms with Crippen LogP contribution in [0.5, 0.6) is 0 Å². The first-order chi connectivity index (χ1) is 6.36. The molecule has 3 nitrogen and oxygen atoms in total. The summed E-state index contributed by atoms with van der Waals surface area (Å²) in [6.45, 7) is 1.68. The second-order valence-electron chi connectivity index (χ2n) is 3.18. The van der Waals surface area contributed by atoms with Gasteiger partial charge < -0.3 is 4.74 Å². The van der Waals surface area contributed by atoms with Gasteiger partial charge in [0.05, 0.1) is 24.7 Å². The van der Waals surface area contributed by atoms with E-state index < -0.39 is 0 Å². The summed E-state index contributed by atoms with van der Waals surface area (Å²) in [6.07, 6.45) is 5.85. The highest BCUT2D eigenvalue weighted by atomic mass is 79.9. The fraction of sp³-hybridized carbons (Fsp3) is 0.556. The first-order valence-corrected chi connectivity index (χ1v) is 5.21. The first kappa shape index (κ1) is 9.09. The Kier molecular flexibility index (Phi) is 2.90. The Balaban J connectivity index is 2.10. The Morgan fingerprint density at radius 1 is 1.38 bits per heavy atom. The molecule has 1 aliphatic rings. The number of halogens is 1. The molecule has 0 bridgehead atoms. The molecule has 0 spiro atoms. The van der Waals surface area contributed by atoms with Crippen LogP contribution in [0.15, 0.2) is 17.0 Å². The molecule has 4 heteroatoms. The standard InChI is InChI=1S/C9H11BrN2O/c10-9-5-11-8(4-12-9)7-2-1-3-13-6-7/h4-5,7H,1-3,6H2. The fourth-order valence-electron chi connectivity index (χ4n) is 1.51. The molecule has 13 heavy (non-hydrogen) atoms. The monoisotopic (exact) mass is 242 g/mol. The van der Waals surface area contributed by atoms with Crippen molar-refractivity contribution >= 4 is 15.9 Å². The lowest BCUT2D eigenvalue weighted by atomic mass is 9.99. The van der Waals surface area contributed by atoms with E-state index in [-0.39, 0.29) is 0 Å². The highest BCUT2D eigenvalue weighted by Crippen LogP contribution is 2.23. The van der Waals surface area contributed by atoms with Gasteiger partial charge in [0.1, 0.15) is 4.60 Å². The molecule has 0 radical (unpaired) electrons. The van der Waals surface area contributed by atoms with E-state index in [4.69, 9.17) is 4.74 Å². The molecular formula is C9H11BrN2O. The van der Waals surface area contributed by atoms with Crippen molar-refractivity contribution in [1.29, 1.82) is 0 Å². The Bertz CT molecular complexity index is 269. The Morgan fingerprint density at radius 3 is 2.92 bits per heavy atom. The van der Waals surface area contributed by atoms with Gasteiger partial charge in [-0.05, 0) is 28.8 Å². The van der Waals surface area contributed by atoms with Gasteiger partial charge in [-0.3, -0.25) is 4.98 Å². The lowest BCUT2D eigenvalue weighted by molar-refractivity contribution is 0.0792. The SMILES string of the molecule is Brc1cnc(C2CCCOC2)cn1. The smallest absolute Gasteiger partial charge is 0.124 e. The predicted octanol–water partition coefficient (Wildman–Crippen LogP) is 2.13. The zero-order valence-electron chi connectivity index (χ0n) is 7.24. The zero-order chi connectivity index (χ0) is 9.10. The minimum Gasteiger partial charge on any atom is -0.381 e. The second kappa shape index (κ2) is 4.15. The normalized spacial score (nSPS) is 23.0. The van der Waals surface area contributed by atoms with Crippen molar-refractivity contribution in [3.8, 4) is 0 Å². The van der Waals surface area contributed by atoms with E-state index in [0.717, 1.165) is 36.4 Å². The Hall–Kier alpha value is -0.480.